The van der Waals surface area contributed by atoms with Gasteiger partial charge in [0.25, 0.3) is 0 Å². The molecule has 128 valence electrons. The van der Waals surface area contributed by atoms with Gasteiger partial charge in [0.15, 0.2) is 0 Å². The molecule has 0 bridgehead atoms. The van der Waals surface area contributed by atoms with Crippen LogP contribution in [0.2, 0.25) is 0 Å². The van der Waals surface area contributed by atoms with Crippen molar-refractivity contribution in [1.29, 1.82) is 0 Å². The van der Waals surface area contributed by atoms with Gasteiger partial charge in [0.05, 0.1) is 12.1 Å². The van der Waals surface area contributed by atoms with Gasteiger partial charge < -0.3 is 4.57 Å². The summed E-state index contributed by atoms with van der Waals surface area (Å²) in [4.78, 5) is 10.0. The lowest BCUT2D eigenvalue weighted by Crippen LogP contribution is -2.27. The van der Waals surface area contributed by atoms with E-state index in [0.29, 0.717) is 6.54 Å². The first kappa shape index (κ1) is 16.1. The normalized spacial score (nSPS) is 16.1. The number of aryl methyl sites for hydroxylation is 1. The highest BCUT2D eigenvalue weighted by molar-refractivity contribution is 5.77. The van der Waals surface area contributed by atoms with E-state index in [1.807, 2.05) is 0 Å². The molecule has 25 heavy (non-hydrogen) atoms. The van der Waals surface area contributed by atoms with Crippen LogP contribution in [0.5, 0.6) is 0 Å². The molecule has 2 heterocycles. The summed E-state index contributed by atoms with van der Waals surface area (Å²) in [5, 5.41) is 1.17. The second kappa shape index (κ2) is 7.64. The molecule has 3 aromatic rings. The molecule has 0 radical (unpaired) electrons. The van der Waals surface area contributed by atoms with Crippen molar-refractivity contribution in [2.24, 2.45) is 4.99 Å². The van der Waals surface area contributed by atoms with E-state index in [1.165, 1.54) is 48.9 Å². The van der Waals surface area contributed by atoms with Crippen molar-refractivity contribution in [3.05, 3.63) is 71.5 Å². The average Bonchev–Trinajstić information content (AvgIpc) is 2.78. The van der Waals surface area contributed by atoms with Crippen LogP contribution in [0.1, 0.15) is 43.5 Å². The third-order valence-corrected chi connectivity index (χ3v) is 5.00. The van der Waals surface area contributed by atoms with Crippen molar-refractivity contribution in [3.63, 3.8) is 0 Å². The highest BCUT2D eigenvalue weighted by atomic mass is 15.1. The van der Waals surface area contributed by atoms with Crippen LogP contribution in [0.3, 0.4) is 0 Å². The SMILES string of the molecule is c1ccc(CN=c2c3ccccc3nc3n2CCCCCCC3)cc1. The summed E-state index contributed by atoms with van der Waals surface area (Å²) in [5.74, 6) is 1.20. The number of benzene rings is 2. The summed E-state index contributed by atoms with van der Waals surface area (Å²) >= 11 is 0. The molecule has 0 N–H and O–H groups in total. The van der Waals surface area contributed by atoms with Crippen LogP contribution in [0.25, 0.3) is 10.9 Å². The molecule has 1 aliphatic heterocycles. The third-order valence-electron chi connectivity index (χ3n) is 5.00. The molecular formula is C22H25N3. The minimum absolute atomic E-state index is 0.717. The van der Waals surface area contributed by atoms with Crippen molar-refractivity contribution in [2.75, 3.05) is 0 Å². The summed E-state index contributed by atoms with van der Waals surface area (Å²) in [6, 6.07) is 18.9. The topological polar surface area (TPSA) is 30.2 Å². The van der Waals surface area contributed by atoms with Gasteiger partial charge in [0, 0.05) is 18.4 Å². The first-order valence-electron chi connectivity index (χ1n) is 9.45. The summed E-state index contributed by atoms with van der Waals surface area (Å²) in [5.41, 5.74) is 3.42. The van der Waals surface area contributed by atoms with Gasteiger partial charge >= 0.3 is 0 Å². The van der Waals surface area contributed by atoms with Gasteiger partial charge in [0.2, 0.25) is 0 Å². The first-order chi connectivity index (χ1) is 12.4. The molecule has 3 heteroatoms. The summed E-state index contributed by atoms with van der Waals surface area (Å²) < 4.78 is 2.39. The van der Waals surface area contributed by atoms with E-state index in [9.17, 15) is 0 Å². The highest BCUT2D eigenvalue weighted by Gasteiger charge is 2.11. The van der Waals surface area contributed by atoms with Gasteiger partial charge in [0.1, 0.15) is 11.3 Å². The predicted octanol–water partition coefficient (Wildman–Crippen LogP) is 4.64. The highest BCUT2D eigenvalue weighted by Crippen LogP contribution is 2.15. The van der Waals surface area contributed by atoms with E-state index in [2.05, 4.69) is 59.2 Å². The Hall–Kier alpha value is -2.42. The molecule has 0 saturated carbocycles. The first-order valence-corrected chi connectivity index (χ1v) is 9.45. The fourth-order valence-electron chi connectivity index (χ4n) is 3.66. The van der Waals surface area contributed by atoms with Crippen molar-refractivity contribution >= 4 is 10.9 Å². The minimum atomic E-state index is 0.717. The van der Waals surface area contributed by atoms with Crippen LogP contribution in [0, 0.1) is 0 Å². The predicted molar refractivity (Wildman–Crippen MR) is 102 cm³/mol. The Kier molecular flexibility index (Phi) is 4.91. The molecule has 3 nitrogen and oxygen atoms in total. The van der Waals surface area contributed by atoms with Gasteiger partial charge in [-0.05, 0) is 30.5 Å². The average molecular weight is 331 g/mol. The number of hydrogen-bond acceptors (Lipinski definition) is 2. The molecule has 0 saturated heterocycles. The lowest BCUT2D eigenvalue weighted by Gasteiger charge is -2.15. The molecular weight excluding hydrogens is 306 g/mol. The number of para-hydroxylation sites is 1. The van der Waals surface area contributed by atoms with Crippen molar-refractivity contribution < 1.29 is 0 Å². The number of aromatic nitrogens is 2. The zero-order valence-electron chi connectivity index (χ0n) is 14.7. The number of hydrogen-bond donors (Lipinski definition) is 0. The smallest absolute Gasteiger partial charge is 0.138 e. The van der Waals surface area contributed by atoms with Crippen LogP contribution in [0.4, 0.5) is 0 Å². The van der Waals surface area contributed by atoms with Crippen LogP contribution in [0.15, 0.2) is 59.6 Å². The molecule has 0 atom stereocenters. The molecule has 1 aliphatic rings. The van der Waals surface area contributed by atoms with E-state index in [4.69, 9.17) is 9.98 Å². The van der Waals surface area contributed by atoms with Gasteiger partial charge in [-0.15, -0.1) is 0 Å². The third kappa shape index (κ3) is 3.65. The maximum Gasteiger partial charge on any atom is 0.138 e. The molecule has 0 spiro atoms. The number of nitrogens with zero attached hydrogens (tertiary/aromatic N) is 3. The monoisotopic (exact) mass is 331 g/mol. The molecule has 1 aromatic heterocycles. The molecule has 0 aliphatic carbocycles. The van der Waals surface area contributed by atoms with E-state index >= 15 is 0 Å². The maximum atomic E-state index is 5.04. The van der Waals surface area contributed by atoms with Crippen LogP contribution in [-0.4, -0.2) is 9.55 Å². The summed E-state index contributed by atoms with van der Waals surface area (Å²) in [6.07, 6.45) is 7.45. The molecule has 4 rings (SSSR count). The Morgan fingerprint density at radius 2 is 1.60 bits per heavy atom. The second-order valence-corrected chi connectivity index (χ2v) is 6.84. The molecule has 0 fully saturated rings. The minimum Gasteiger partial charge on any atom is -0.314 e. The zero-order chi connectivity index (χ0) is 16.9. The quantitative estimate of drug-likeness (QED) is 0.672. The number of fused-ring (bicyclic) bond motifs is 2. The van der Waals surface area contributed by atoms with Crippen LogP contribution >= 0.6 is 0 Å². The Balaban J connectivity index is 1.87. The van der Waals surface area contributed by atoms with E-state index in [-0.39, 0.29) is 0 Å². The van der Waals surface area contributed by atoms with E-state index in [1.54, 1.807) is 0 Å². The fraction of sp³-hybridized carbons (Fsp3) is 0.364. The summed E-state index contributed by atoms with van der Waals surface area (Å²) in [6.45, 7) is 1.75. The Labute approximate surface area is 149 Å². The Bertz CT molecular complexity index is 909. The zero-order valence-corrected chi connectivity index (χ0v) is 14.7. The fourth-order valence-corrected chi connectivity index (χ4v) is 3.66. The lowest BCUT2D eigenvalue weighted by atomic mass is 10.1. The standard InChI is InChI=1S/C22H25N3/c1-2-7-15-21-24-20-14-9-8-13-19(20)22(25(21)16-10-3-1)23-17-18-11-5-4-6-12-18/h4-6,8-9,11-14H,1-3,7,10,15-17H2. The Morgan fingerprint density at radius 1 is 0.840 bits per heavy atom. The molecule has 0 amide bonds. The van der Waals surface area contributed by atoms with E-state index < -0.39 is 0 Å². The van der Waals surface area contributed by atoms with E-state index in [0.717, 1.165) is 24.0 Å². The van der Waals surface area contributed by atoms with Crippen LogP contribution in [-0.2, 0) is 19.5 Å². The van der Waals surface area contributed by atoms with Gasteiger partial charge in [-0.1, -0.05) is 61.7 Å². The van der Waals surface area contributed by atoms with Gasteiger partial charge in [-0.2, -0.15) is 0 Å². The maximum absolute atomic E-state index is 5.04. The lowest BCUT2D eigenvalue weighted by molar-refractivity contribution is 0.561. The van der Waals surface area contributed by atoms with Gasteiger partial charge in [-0.25, -0.2) is 4.98 Å². The Morgan fingerprint density at radius 3 is 2.52 bits per heavy atom. The van der Waals surface area contributed by atoms with Crippen molar-refractivity contribution in [3.8, 4) is 0 Å². The van der Waals surface area contributed by atoms with Gasteiger partial charge in [-0.3, -0.25) is 4.99 Å². The second-order valence-electron chi connectivity index (χ2n) is 6.84. The van der Waals surface area contributed by atoms with Crippen molar-refractivity contribution in [1.82, 2.24) is 9.55 Å². The van der Waals surface area contributed by atoms with Crippen LogP contribution < -0.4 is 5.49 Å². The number of rotatable bonds is 2. The molecule has 2 aromatic carbocycles. The largest absolute Gasteiger partial charge is 0.314 e. The molecule has 0 unspecified atom stereocenters. The summed E-state index contributed by atoms with van der Waals surface area (Å²) in [7, 11) is 0. The van der Waals surface area contributed by atoms with Crippen molar-refractivity contribution in [2.45, 2.75) is 51.6 Å².